The number of methoxy groups -OCH3 is 1. The first-order chi connectivity index (χ1) is 19.4. The highest BCUT2D eigenvalue weighted by molar-refractivity contribution is 6.30. The van der Waals surface area contributed by atoms with E-state index in [1.807, 2.05) is 38.1 Å². The first-order valence-electron chi connectivity index (χ1n) is 15.9. The SMILES string of the molecule is CCCCCCCCCCCCCCCCCC(=O)c1c(C)c(CCC(=O)OC)n(Cc2ccc(Cl)cc2)c1C. The van der Waals surface area contributed by atoms with Crippen LogP contribution in [0.5, 0.6) is 0 Å². The van der Waals surface area contributed by atoms with E-state index in [-0.39, 0.29) is 11.8 Å². The number of ether oxygens (including phenoxy) is 1. The monoisotopic (exact) mass is 571 g/mol. The fraction of sp³-hybridized carbons (Fsp3) is 0.657. The maximum Gasteiger partial charge on any atom is 0.305 e. The summed E-state index contributed by atoms with van der Waals surface area (Å²) in [5.41, 5.74) is 4.97. The van der Waals surface area contributed by atoms with Gasteiger partial charge in [-0.15, -0.1) is 0 Å². The molecular formula is C35H54ClNO3. The lowest BCUT2D eigenvalue weighted by Crippen LogP contribution is -2.10. The zero-order valence-corrected chi connectivity index (χ0v) is 26.6. The van der Waals surface area contributed by atoms with Gasteiger partial charge in [-0.3, -0.25) is 9.59 Å². The Balaban J connectivity index is 1.78. The van der Waals surface area contributed by atoms with Gasteiger partial charge in [-0.2, -0.15) is 0 Å². The fourth-order valence-corrected chi connectivity index (χ4v) is 5.91. The van der Waals surface area contributed by atoms with Gasteiger partial charge in [-0.05, 0) is 49.9 Å². The zero-order valence-electron chi connectivity index (χ0n) is 25.8. The lowest BCUT2D eigenvalue weighted by Gasteiger charge is -2.13. The van der Waals surface area contributed by atoms with Crippen molar-refractivity contribution in [1.82, 2.24) is 4.57 Å². The Bertz CT molecular complexity index is 1010. The number of halogens is 1. The summed E-state index contributed by atoms with van der Waals surface area (Å²) in [7, 11) is 1.42. The quantitative estimate of drug-likeness (QED) is 0.0802. The predicted octanol–water partition coefficient (Wildman–Crippen LogP) is 10.4. The highest BCUT2D eigenvalue weighted by Crippen LogP contribution is 2.27. The number of hydrogen-bond donors (Lipinski definition) is 0. The van der Waals surface area contributed by atoms with Crippen molar-refractivity contribution in [3.8, 4) is 0 Å². The Kier molecular flexibility index (Phi) is 17.0. The topological polar surface area (TPSA) is 48.3 Å². The molecule has 0 amide bonds. The van der Waals surface area contributed by atoms with Crippen LogP contribution in [0.4, 0.5) is 0 Å². The molecule has 0 radical (unpaired) electrons. The van der Waals surface area contributed by atoms with Crippen molar-refractivity contribution in [3.63, 3.8) is 0 Å². The number of aromatic nitrogens is 1. The molecule has 0 fully saturated rings. The van der Waals surface area contributed by atoms with E-state index < -0.39 is 0 Å². The van der Waals surface area contributed by atoms with Crippen molar-refractivity contribution in [2.24, 2.45) is 0 Å². The smallest absolute Gasteiger partial charge is 0.305 e. The number of hydrogen-bond acceptors (Lipinski definition) is 3. The molecule has 0 aliphatic heterocycles. The van der Waals surface area contributed by atoms with E-state index in [4.69, 9.17) is 16.3 Å². The van der Waals surface area contributed by atoms with E-state index in [0.717, 1.165) is 40.9 Å². The molecule has 5 heteroatoms. The van der Waals surface area contributed by atoms with Crippen LogP contribution in [0.15, 0.2) is 24.3 Å². The molecule has 1 aromatic carbocycles. The zero-order chi connectivity index (χ0) is 29.2. The molecule has 0 bridgehead atoms. The lowest BCUT2D eigenvalue weighted by atomic mass is 9.99. The molecule has 40 heavy (non-hydrogen) atoms. The number of esters is 1. The van der Waals surface area contributed by atoms with E-state index in [2.05, 4.69) is 11.5 Å². The molecule has 0 saturated heterocycles. The summed E-state index contributed by atoms with van der Waals surface area (Å²) in [4.78, 5) is 25.2. The van der Waals surface area contributed by atoms with Crippen LogP contribution in [-0.2, 0) is 22.5 Å². The largest absolute Gasteiger partial charge is 0.469 e. The standard InChI is InChI=1S/C35H54ClNO3/c1-5-6-7-8-9-10-11-12-13-14-15-16-17-18-19-20-33(38)35-28(2)32(25-26-34(39)40-4)37(29(35)3)27-30-21-23-31(36)24-22-30/h21-24H,5-20,25-27H2,1-4H3. The molecule has 1 heterocycles. The average Bonchev–Trinajstić information content (AvgIpc) is 3.18. The van der Waals surface area contributed by atoms with E-state index in [0.29, 0.717) is 30.8 Å². The van der Waals surface area contributed by atoms with Gasteiger partial charge < -0.3 is 9.30 Å². The van der Waals surface area contributed by atoms with Crippen LogP contribution >= 0.6 is 11.6 Å². The van der Waals surface area contributed by atoms with Crippen LogP contribution < -0.4 is 0 Å². The summed E-state index contributed by atoms with van der Waals surface area (Å²) in [5.74, 6) is -0.0131. The van der Waals surface area contributed by atoms with Gasteiger partial charge in [0.2, 0.25) is 0 Å². The number of Topliss-reactive ketones (excluding diaryl/α,β-unsaturated/α-hetero) is 1. The van der Waals surface area contributed by atoms with Gasteiger partial charge in [0.15, 0.2) is 5.78 Å². The van der Waals surface area contributed by atoms with Crippen molar-refractivity contribution in [1.29, 1.82) is 0 Å². The van der Waals surface area contributed by atoms with E-state index in [1.165, 1.54) is 90.6 Å². The maximum atomic E-state index is 13.4. The van der Waals surface area contributed by atoms with Crippen molar-refractivity contribution in [3.05, 3.63) is 57.4 Å². The molecule has 0 spiro atoms. The fourth-order valence-electron chi connectivity index (χ4n) is 5.78. The van der Waals surface area contributed by atoms with Crippen LogP contribution in [0.25, 0.3) is 0 Å². The molecular weight excluding hydrogens is 518 g/mol. The molecule has 0 aliphatic carbocycles. The Hall–Kier alpha value is -2.07. The van der Waals surface area contributed by atoms with Crippen LogP contribution in [0, 0.1) is 13.8 Å². The second-order valence-electron chi connectivity index (χ2n) is 11.4. The number of benzene rings is 1. The predicted molar refractivity (Wildman–Crippen MR) is 169 cm³/mol. The summed E-state index contributed by atoms with van der Waals surface area (Å²) in [6.45, 7) is 6.98. The van der Waals surface area contributed by atoms with Crippen molar-refractivity contribution in [2.45, 2.75) is 143 Å². The van der Waals surface area contributed by atoms with Crippen LogP contribution in [0.1, 0.15) is 149 Å². The third-order valence-electron chi connectivity index (χ3n) is 8.23. The van der Waals surface area contributed by atoms with Crippen LogP contribution in [-0.4, -0.2) is 23.4 Å². The van der Waals surface area contributed by atoms with E-state index in [9.17, 15) is 9.59 Å². The Morgan fingerprint density at radius 2 is 1.25 bits per heavy atom. The number of ketones is 1. The lowest BCUT2D eigenvalue weighted by molar-refractivity contribution is -0.140. The second-order valence-corrected chi connectivity index (χ2v) is 11.9. The molecule has 0 N–H and O–H groups in total. The number of unbranched alkanes of at least 4 members (excludes halogenated alkanes) is 14. The van der Waals surface area contributed by atoms with E-state index >= 15 is 0 Å². The van der Waals surface area contributed by atoms with Gasteiger partial charge in [-0.25, -0.2) is 0 Å². The minimum Gasteiger partial charge on any atom is -0.469 e. The number of rotatable bonds is 22. The molecule has 2 aromatic rings. The van der Waals surface area contributed by atoms with Gasteiger partial charge in [0.05, 0.1) is 13.5 Å². The summed E-state index contributed by atoms with van der Waals surface area (Å²) in [6, 6.07) is 7.80. The Morgan fingerprint density at radius 3 is 1.75 bits per heavy atom. The minimum absolute atomic E-state index is 0.221. The third kappa shape index (κ3) is 12.2. The molecule has 1 aromatic heterocycles. The summed E-state index contributed by atoms with van der Waals surface area (Å²) in [5, 5.41) is 0.703. The molecule has 0 saturated carbocycles. The van der Waals surface area contributed by atoms with Crippen LogP contribution in [0.2, 0.25) is 5.02 Å². The molecule has 0 atom stereocenters. The summed E-state index contributed by atoms with van der Waals surface area (Å²) < 4.78 is 7.07. The number of nitrogens with zero attached hydrogens (tertiary/aromatic N) is 1. The molecule has 2 rings (SSSR count). The summed E-state index contributed by atoms with van der Waals surface area (Å²) in [6.07, 6.45) is 21.2. The van der Waals surface area contributed by atoms with Crippen molar-refractivity contribution in [2.75, 3.05) is 7.11 Å². The van der Waals surface area contributed by atoms with Gasteiger partial charge in [0.1, 0.15) is 0 Å². The molecule has 0 unspecified atom stereocenters. The van der Waals surface area contributed by atoms with Gasteiger partial charge in [0, 0.05) is 34.9 Å². The highest BCUT2D eigenvalue weighted by atomic mass is 35.5. The average molecular weight is 572 g/mol. The molecule has 0 aliphatic rings. The van der Waals surface area contributed by atoms with Crippen molar-refractivity contribution >= 4 is 23.4 Å². The highest BCUT2D eigenvalue weighted by Gasteiger charge is 2.22. The van der Waals surface area contributed by atoms with E-state index in [1.54, 1.807) is 0 Å². The molecule has 224 valence electrons. The normalized spacial score (nSPS) is 11.2. The minimum atomic E-state index is -0.234. The van der Waals surface area contributed by atoms with Gasteiger partial charge >= 0.3 is 5.97 Å². The summed E-state index contributed by atoms with van der Waals surface area (Å²) >= 11 is 6.08. The Morgan fingerprint density at radius 1 is 0.750 bits per heavy atom. The molecule has 4 nitrogen and oxygen atoms in total. The first kappa shape index (κ1) is 34.1. The maximum absolute atomic E-state index is 13.4. The number of carbonyl (C=O) groups excluding carboxylic acids is 2. The van der Waals surface area contributed by atoms with Crippen LogP contribution in [0.3, 0.4) is 0 Å². The first-order valence-corrected chi connectivity index (χ1v) is 16.3. The van der Waals surface area contributed by atoms with Gasteiger partial charge in [-0.1, -0.05) is 121 Å². The van der Waals surface area contributed by atoms with Crippen molar-refractivity contribution < 1.29 is 14.3 Å². The third-order valence-corrected chi connectivity index (χ3v) is 8.49. The van der Waals surface area contributed by atoms with Gasteiger partial charge in [0.25, 0.3) is 0 Å². The second kappa shape index (κ2) is 19.9. The Labute approximate surface area is 249 Å². The number of carbonyl (C=O) groups is 2.